The third kappa shape index (κ3) is 1.89. The number of rotatable bonds is 2. The zero-order valence-electron chi connectivity index (χ0n) is 10.4. The van der Waals surface area contributed by atoms with Crippen LogP contribution in [0, 0.1) is 0 Å². The molecule has 0 saturated heterocycles. The minimum absolute atomic E-state index is 0.00355. The van der Waals surface area contributed by atoms with Gasteiger partial charge in [-0.25, -0.2) is 0 Å². The molecule has 0 bridgehead atoms. The second-order valence-electron chi connectivity index (χ2n) is 4.69. The van der Waals surface area contributed by atoms with E-state index in [2.05, 4.69) is 0 Å². The minimum Gasteiger partial charge on any atom is -0.481 e. The zero-order chi connectivity index (χ0) is 13.6. The summed E-state index contributed by atoms with van der Waals surface area (Å²) in [5, 5.41) is 8.96. The van der Waals surface area contributed by atoms with Crippen molar-refractivity contribution in [3.05, 3.63) is 17.7 Å². The maximum atomic E-state index is 11.6. The Morgan fingerprint density at radius 2 is 2.05 bits per heavy atom. The number of ether oxygens (including phenoxy) is 2. The number of carboxylic acids is 1. The van der Waals surface area contributed by atoms with Crippen molar-refractivity contribution in [2.45, 2.75) is 19.3 Å². The highest BCUT2D eigenvalue weighted by molar-refractivity contribution is 5.95. The van der Waals surface area contributed by atoms with Gasteiger partial charge in [0, 0.05) is 25.5 Å². The highest BCUT2D eigenvalue weighted by Crippen LogP contribution is 2.46. The lowest BCUT2D eigenvalue weighted by Gasteiger charge is -2.15. The normalized spacial score (nSPS) is 19.4. The van der Waals surface area contributed by atoms with E-state index < -0.39 is 5.97 Å². The Balaban J connectivity index is 2.05. The predicted octanol–water partition coefficient (Wildman–Crippen LogP) is 1.34. The largest absolute Gasteiger partial charge is 0.481 e. The first-order valence-electron chi connectivity index (χ1n) is 5.99. The fourth-order valence-electron chi connectivity index (χ4n) is 2.61. The number of aliphatic carboxylic acids is 1. The van der Waals surface area contributed by atoms with Crippen molar-refractivity contribution in [2.24, 2.45) is 0 Å². The Kier molecular flexibility index (Phi) is 2.58. The van der Waals surface area contributed by atoms with E-state index in [1.807, 2.05) is 0 Å². The Bertz CT molecular complexity index is 568. The molecule has 0 spiro atoms. The number of carbonyl (C=O) groups is 2. The summed E-state index contributed by atoms with van der Waals surface area (Å²) in [7, 11) is 0. The number of amides is 1. The molecule has 1 aromatic carbocycles. The fraction of sp³-hybridized carbons (Fsp3) is 0.385. The summed E-state index contributed by atoms with van der Waals surface area (Å²) in [6.45, 7) is 2.01. The molecular formula is C13H13NO5. The van der Waals surface area contributed by atoms with E-state index in [1.54, 1.807) is 17.0 Å². The molecule has 0 saturated carbocycles. The monoisotopic (exact) mass is 263 g/mol. The van der Waals surface area contributed by atoms with Gasteiger partial charge in [0.15, 0.2) is 11.5 Å². The Labute approximate surface area is 109 Å². The van der Waals surface area contributed by atoms with Crippen molar-refractivity contribution in [3.8, 4) is 11.5 Å². The molecule has 1 aromatic rings. The number of hydrogen-bond acceptors (Lipinski definition) is 4. The van der Waals surface area contributed by atoms with Crippen molar-refractivity contribution < 1.29 is 24.2 Å². The Morgan fingerprint density at radius 3 is 2.68 bits per heavy atom. The third-order valence-electron chi connectivity index (χ3n) is 3.46. The molecule has 19 heavy (non-hydrogen) atoms. The Hall–Kier alpha value is -2.24. The van der Waals surface area contributed by atoms with Gasteiger partial charge in [-0.05, 0) is 11.6 Å². The van der Waals surface area contributed by atoms with Crippen LogP contribution < -0.4 is 14.4 Å². The van der Waals surface area contributed by atoms with Gasteiger partial charge in [-0.2, -0.15) is 0 Å². The van der Waals surface area contributed by atoms with Gasteiger partial charge in [0.2, 0.25) is 12.7 Å². The Morgan fingerprint density at radius 1 is 1.37 bits per heavy atom. The lowest BCUT2D eigenvalue weighted by atomic mass is 9.97. The van der Waals surface area contributed by atoms with E-state index in [1.165, 1.54) is 6.92 Å². The van der Waals surface area contributed by atoms with Gasteiger partial charge in [-0.15, -0.1) is 0 Å². The highest BCUT2D eigenvalue weighted by Gasteiger charge is 2.34. The molecule has 0 radical (unpaired) electrons. The van der Waals surface area contributed by atoms with Crippen molar-refractivity contribution in [3.63, 3.8) is 0 Å². The quantitative estimate of drug-likeness (QED) is 0.871. The lowest BCUT2D eigenvalue weighted by molar-refractivity contribution is -0.137. The molecule has 0 aromatic heterocycles. The van der Waals surface area contributed by atoms with Gasteiger partial charge in [-0.3, -0.25) is 9.59 Å². The summed E-state index contributed by atoms with van der Waals surface area (Å²) in [4.78, 5) is 24.2. The maximum absolute atomic E-state index is 11.6. The third-order valence-corrected chi connectivity index (χ3v) is 3.46. The molecule has 2 aliphatic heterocycles. The predicted molar refractivity (Wildman–Crippen MR) is 65.6 cm³/mol. The number of hydrogen-bond donors (Lipinski definition) is 1. The summed E-state index contributed by atoms with van der Waals surface area (Å²) < 4.78 is 10.6. The maximum Gasteiger partial charge on any atom is 0.304 e. The smallest absolute Gasteiger partial charge is 0.304 e. The molecule has 6 nitrogen and oxygen atoms in total. The molecule has 100 valence electrons. The molecule has 0 fully saturated rings. The average Bonchev–Trinajstić information content (AvgIpc) is 2.90. The number of nitrogens with zero attached hydrogens (tertiary/aromatic N) is 1. The first-order valence-corrected chi connectivity index (χ1v) is 5.99. The van der Waals surface area contributed by atoms with Crippen molar-refractivity contribution in [2.75, 3.05) is 18.2 Å². The molecule has 1 N–H and O–H groups in total. The molecule has 1 unspecified atom stereocenters. The molecule has 0 aliphatic carbocycles. The molecule has 1 atom stereocenters. The number of fused-ring (bicyclic) bond motifs is 2. The van der Waals surface area contributed by atoms with Crippen LogP contribution in [0.1, 0.15) is 24.8 Å². The van der Waals surface area contributed by atoms with Crippen molar-refractivity contribution >= 4 is 17.6 Å². The SMILES string of the molecule is CC(=O)N1CC(CC(=O)O)c2cc3c(cc21)OCO3. The number of carbonyl (C=O) groups excluding carboxylic acids is 1. The minimum atomic E-state index is -0.876. The van der Waals surface area contributed by atoms with E-state index in [9.17, 15) is 9.59 Å². The van der Waals surface area contributed by atoms with Gasteiger partial charge >= 0.3 is 5.97 Å². The summed E-state index contributed by atoms with van der Waals surface area (Å²) in [5.74, 6) is 0.0263. The van der Waals surface area contributed by atoms with Crippen LogP contribution in [0.25, 0.3) is 0 Å². The second-order valence-corrected chi connectivity index (χ2v) is 4.69. The van der Waals surface area contributed by atoms with E-state index >= 15 is 0 Å². The van der Waals surface area contributed by atoms with E-state index in [0.29, 0.717) is 18.0 Å². The van der Waals surface area contributed by atoms with Crippen LogP contribution in [-0.2, 0) is 9.59 Å². The lowest BCUT2D eigenvalue weighted by Crippen LogP contribution is -2.27. The van der Waals surface area contributed by atoms with Gasteiger partial charge in [0.25, 0.3) is 0 Å². The van der Waals surface area contributed by atoms with Crippen LogP contribution >= 0.6 is 0 Å². The number of anilines is 1. The summed E-state index contributed by atoms with van der Waals surface area (Å²) >= 11 is 0. The molecule has 6 heteroatoms. The van der Waals surface area contributed by atoms with Crippen molar-refractivity contribution in [1.29, 1.82) is 0 Å². The average molecular weight is 263 g/mol. The summed E-state index contributed by atoms with van der Waals surface area (Å²) in [6, 6.07) is 3.54. The van der Waals surface area contributed by atoms with Gasteiger partial charge in [0.1, 0.15) is 0 Å². The fourth-order valence-corrected chi connectivity index (χ4v) is 2.61. The van der Waals surface area contributed by atoms with E-state index in [-0.39, 0.29) is 25.0 Å². The van der Waals surface area contributed by atoms with Crippen LogP contribution in [-0.4, -0.2) is 30.3 Å². The first kappa shape index (κ1) is 11.8. The van der Waals surface area contributed by atoms with Gasteiger partial charge in [0.05, 0.1) is 12.1 Å². The van der Waals surface area contributed by atoms with E-state index in [0.717, 1.165) is 11.3 Å². The summed E-state index contributed by atoms with van der Waals surface area (Å²) in [5.41, 5.74) is 1.56. The molecule has 3 rings (SSSR count). The molecular weight excluding hydrogens is 250 g/mol. The van der Waals surface area contributed by atoms with Crippen LogP contribution in [0.4, 0.5) is 5.69 Å². The van der Waals surface area contributed by atoms with Crippen LogP contribution in [0.5, 0.6) is 11.5 Å². The van der Waals surface area contributed by atoms with Gasteiger partial charge < -0.3 is 19.5 Å². The molecule has 2 heterocycles. The molecule has 1 amide bonds. The van der Waals surface area contributed by atoms with Gasteiger partial charge in [-0.1, -0.05) is 0 Å². The van der Waals surface area contributed by atoms with Crippen LogP contribution in [0.2, 0.25) is 0 Å². The zero-order valence-corrected chi connectivity index (χ0v) is 10.4. The van der Waals surface area contributed by atoms with Crippen molar-refractivity contribution in [1.82, 2.24) is 0 Å². The highest BCUT2D eigenvalue weighted by atomic mass is 16.7. The number of benzene rings is 1. The van der Waals surface area contributed by atoms with Crippen LogP contribution in [0.3, 0.4) is 0 Å². The number of carboxylic acid groups (broad SMARTS) is 1. The standard InChI is InChI=1S/C13H13NO5/c1-7(15)14-5-8(2-13(16)17)9-3-11-12(4-10(9)14)19-6-18-11/h3-4,8H,2,5-6H2,1H3,(H,16,17). The topological polar surface area (TPSA) is 76.1 Å². The molecule has 2 aliphatic rings. The van der Waals surface area contributed by atoms with Crippen LogP contribution in [0.15, 0.2) is 12.1 Å². The first-order chi connectivity index (χ1) is 9.06. The summed E-state index contributed by atoms with van der Waals surface area (Å²) in [6.07, 6.45) is -0.00355. The van der Waals surface area contributed by atoms with E-state index in [4.69, 9.17) is 14.6 Å². The second kappa shape index (κ2) is 4.15.